The molecule has 0 bridgehead atoms. The molecule has 5 nitrogen and oxygen atoms in total. The summed E-state index contributed by atoms with van der Waals surface area (Å²) in [7, 11) is 0. The predicted octanol–water partition coefficient (Wildman–Crippen LogP) is 3.64. The lowest BCUT2D eigenvalue weighted by Gasteiger charge is -2.07. The molecule has 27 heavy (non-hydrogen) atoms. The van der Waals surface area contributed by atoms with Crippen LogP contribution in [0.15, 0.2) is 65.8 Å². The number of para-hydroxylation sites is 1. The average Bonchev–Trinajstić information content (AvgIpc) is 3.12. The highest BCUT2D eigenvalue weighted by Gasteiger charge is 2.13. The molecule has 0 atom stereocenters. The number of nitrogens with one attached hydrogen (secondary N) is 1. The molecule has 0 saturated heterocycles. The molecule has 1 N–H and O–H groups in total. The standard InChI is InChI=1S/C21H20N4OS/c1-15-13-17-9-5-6-10-18(17)25-20(15)23-24-21(25)27-14-19(26)22-12-11-16-7-3-2-4-8-16/h2-10,13H,11-12,14H2,1H3,(H,22,26). The van der Waals surface area contributed by atoms with Gasteiger partial charge in [0.25, 0.3) is 0 Å². The molecule has 2 aromatic carbocycles. The van der Waals surface area contributed by atoms with Gasteiger partial charge in [-0.3, -0.25) is 9.20 Å². The molecule has 136 valence electrons. The molecule has 4 rings (SSSR count). The normalized spacial score (nSPS) is 11.1. The minimum atomic E-state index is 0.00430. The number of hydrogen-bond acceptors (Lipinski definition) is 4. The smallest absolute Gasteiger partial charge is 0.230 e. The van der Waals surface area contributed by atoms with Gasteiger partial charge in [-0.05, 0) is 42.0 Å². The van der Waals surface area contributed by atoms with E-state index in [9.17, 15) is 4.79 Å². The van der Waals surface area contributed by atoms with E-state index in [1.807, 2.05) is 41.7 Å². The molecule has 0 saturated carbocycles. The van der Waals surface area contributed by atoms with Crippen LogP contribution in [0.1, 0.15) is 11.1 Å². The van der Waals surface area contributed by atoms with E-state index in [0.29, 0.717) is 12.3 Å². The second kappa shape index (κ2) is 7.80. The molecule has 0 spiro atoms. The molecule has 2 aromatic heterocycles. The highest BCUT2D eigenvalue weighted by atomic mass is 32.2. The number of thioether (sulfide) groups is 1. The maximum atomic E-state index is 12.2. The number of rotatable bonds is 6. The molecule has 2 heterocycles. The fourth-order valence-electron chi connectivity index (χ4n) is 3.12. The van der Waals surface area contributed by atoms with Crippen LogP contribution in [-0.2, 0) is 11.2 Å². The number of benzene rings is 2. The van der Waals surface area contributed by atoms with E-state index in [1.54, 1.807) is 0 Å². The van der Waals surface area contributed by atoms with Crippen molar-refractivity contribution in [3.05, 3.63) is 71.8 Å². The first-order valence-corrected chi connectivity index (χ1v) is 9.88. The molecule has 0 unspecified atom stereocenters. The third kappa shape index (κ3) is 3.80. The second-order valence-corrected chi connectivity index (χ2v) is 7.34. The largest absolute Gasteiger partial charge is 0.355 e. The molecular formula is C21H20N4OS. The fraction of sp³-hybridized carbons (Fsp3) is 0.190. The summed E-state index contributed by atoms with van der Waals surface area (Å²) in [6, 6.07) is 20.4. The summed E-state index contributed by atoms with van der Waals surface area (Å²) in [6.07, 6.45) is 0.828. The van der Waals surface area contributed by atoms with Crippen LogP contribution in [0.25, 0.3) is 16.6 Å². The first-order valence-electron chi connectivity index (χ1n) is 8.89. The van der Waals surface area contributed by atoms with Crippen LogP contribution in [0, 0.1) is 6.92 Å². The van der Waals surface area contributed by atoms with Crippen molar-refractivity contribution in [1.29, 1.82) is 0 Å². The Balaban J connectivity index is 1.44. The lowest BCUT2D eigenvalue weighted by Crippen LogP contribution is -2.27. The number of nitrogens with zero attached hydrogens (tertiary/aromatic N) is 3. The third-order valence-electron chi connectivity index (χ3n) is 4.45. The SMILES string of the molecule is Cc1cc2ccccc2n2c(SCC(=O)NCCc3ccccc3)nnc12. The van der Waals surface area contributed by atoms with Gasteiger partial charge in [0.2, 0.25) is 5.91 Å². The Kier molecular flexibility index (Phi) is 5.07. The van der Waals surface area contributed by atoms with E-state index in [4.69, 9.17) is 0 Å². The number of fused-ring (bicyclic) bond motifs is 3. The molecular weight excluding hydrogens is 356 g/mol. The Morgan fingerprint density at radius 3 is 2.70 bits per heavy atom. The van der Waals surface area contributed by atoms with Gasteiger partial charge in [0.1, 0.15) is 0 Å². The highest BCUT2D eigenvalue weighted by Crippen LogP contribution is 2.25. The summed E-state index contributed by atoms with van der Waals surface area (Å²) in [5.74, 6) is 0.322. The number of aromatic nitrogens is 3. The number of aryl methyl sites for hydroxylation is 1. The van der Waals surface area contributed by atoms with E-state index < -0.39 is 0 Å². The lowest BCUT2D eigenvalue weighted by atomic mass is 10.1. The van der Waals surface area contributed by atoms with Gasteiger partial charge in [0.05, 0.1) is 11.3 Å². The van der Waals surface area contributed by atoms with Crippen molar-refractivity contribution in [3.63, 3.8) is 0 Å². The Hall–Kier alpha value is -2.86. The second-order valence-electron chi connectivity index (χ2n) is 6.40. The maximum absolute atomic E-state index is 12.2. The van der Waals surface area contributed by atoms with Crippen molar-refractivity contribution in [2.75, 3.05) is 12.3 Å². The van der Waals surface area contributed by atoms with Gasteiger partial charge < -0.3 is 5.32 Å². The Labute approximate surface area is 161 Å². The zero-order valence-corrected chi connectivity index (χ0v) is 15.9. The van der Waals surface area contributed by atoms with Gasteiger partial charge in [-0.25, -0.2) is 0 Å². The number of amides is 1. The van der Waals surface area contributed by atoms with Crippen molar-refractivity contribution >= 4 is 34.2 Å². The van der Waals surface area contributed by atoms with E-state index in [2.05, 4.69) is 45.8 Å². The van der Waals surface area contributed by atoms with E-state index in [0.717, 1.165) is 33.7 Å². The van der Waals surface area contributed by atoms with E-state index in [1.165, 1.54) is 17.3 Å². The predicted molar refractivity (Wildman–Crippen MR) is 109 cm³/mol. The van der Waals surface area contributed by atoms with Crippen molar-refractivity contribution in [2.24, 2.45) is 0 Å². The van der Waals surface area contributed by atoms with E-state index >= 15 is 0 Å². The zero-order chi connectivity index (χ0) is 18.6. The number of pyridine rings is 1. The lowest BCUT2D eigenvalue weighted by molar-refractivity contribution is -0.118. The molecule has 0 fully saturated rings. The zero-order valence-electron chi connectivity index (χ0n) is 15.1. The van der Waals surface area contributed by atoms with E-state index in [-0.39, 0.29) is 5.91 Å². The summed E-state index contributed by atoms with van der Waals surface area (Å²) in [6.45, 7) is 2.66. The maximum Gasteiger partial charge on any atom is 0.230 e. The first kappa shape index (κ1) is 17.5. The Bertz CT molecular complexity index is 1090. The molecule has 1 amide bonds. The van der Waals surface area contributed by atoms with Crippen LogP contribution < -0.4 is 5.32 Å². The van der Waals surface area contributed by atoms with Gasteiger partial charge in [-0.2, -0.15) is 0 Å². The molecule has 0 aliphatic rings. The first-order chi connectivity index (χ1) is 13.2. The summed E-state index contributed by atoms with van der Waals surface area (Å²) >= 11 is 1.41. The van der Waals surface area contributed by atoms with Gasteiger partial charge in [0.15, 0.2) is 10.8 Å². The summed E-state index contributed by atoms with van der Waals surface area (Å²) in [5, 5.41) is 13.5. The van der Waals surface area contributed by atoms with Crippen LogP contribution in [0.5, 0.6) is 0 Å². The van der Waals surface area contributed by atoms with Crippen LogP contribution in [-0.4, -0.2) is 32.8 Å². The van der Waals surface area contributed by atoms with Crippen LogP contribution in [0.4, 0.5) is 0 Å². The number of carbonyl (C=O) groups excluding carboxylic acids is 1. The molecule has 0 aliphatic heterocycles. The third-order valence-corrected chi connectivity index (χ3v) is 5.38. The summed E-state index contributed by atoms with van der Waals surface area (Å²) < 4.78 is 2.03. The van der Waals surface area contributed by atoms with Gasteiger partial charge in [0, 0.05) is 6.54 Å². The van der Waals surface area contributed by atoms with Crippen LogP contribution in [0.3, 0.4) is 0 Å². The van der Waals surface area contributed by atoms with Crippen LogP contribution >= 0.6 is 11.8 Å². The minimum absolute atomic E-state index is 0.00430. The quantitative estimate of drug-likeness (QED) is 0.522. The number of carbonyl (C=O) groups is 1. The Morgan fingerprint density at radius 2 is 1.85 bits per heavy atom. The van der Waals surface area contributed by atoms with Crippen molar-refractivity contribution in [1.82, 2.24) is 19.9 Å². The van der Waals surface area contributed by atoms with Crippen molar-refractivity contribution in [3.8, 4) is 0 Å². The molecule has 4 aromatic rings. The fourth-order valence-corrected chi connectivity index (χ4v) is 3.89. The minimum Gasteiger partial charge on any atom is -0.355 e. The average molecular weight is 376 g/mol. The molecule has 6 heteroatoms. The monoisotopic (exact) mass is 376 g/mol. The summed E-state index contributed by atoms with van der Waals surface area (Å²) in [4.78, 5) is 12.2. The van der Waals surface area contributed by atoms with Gasteiger partial charge in [-0.1, -0.05) is 60.3 Å². The highest BCUT2D eigenvalue weighted by molar-refractivity contribution is 7.99. The molecule has 0 radical (unpaired) electrons. The van der Waals surface area contributed by atoms with Gasteiger partial charge in [-0.15, -0.1) is 10.2 Å². The van der Waals surface area contributed by atoms with Crippen molar-refractivity contribution in [2.45, 2.75) is 18.5 Å². The summed E-state index contributed by atoms with van der Waals surface area (Å²) in [5.41, 5.74) is 4.17. The van der Waals surface area contributed by atoms with Crippen LogP contribution in [0.2, 0.25) is 0 Å². The van der Waals surface area contributed by atoms with Gasteiger partial charge >= 0.3 is 0 Å². The van der Waals surface area contributed by atoms with Crippen molar-refractivity contribution < 1.29 is 4.79 Å². The Morgan fingerprint density at radius 1 is 1.07 bits per heavy atom. The number of hydrogen-bond donors (Lipinski definition) is 1. The molecule has 0 aliphatic carbocycles. The topological polar surface area (TPSA) is 59.3 Å².